The molecule has 1 saturated heterocycles. The maximum Gasteiger partial charge on any atom is 0.237 e. The van der Waals surface area contributed by atoms with Crippen LogP contribution >= 0.6 is 0 Å². The highest BCUT2D eigenvalue weighted by atomic mass is 16.1. The quantitative estimate of drug-likeness (QED) is 0.766. The zero-order valence-corrected chi connectivity index (χ0v) is 13.2. The number of likely N-dealkylation sites (tertiary alicyclic amines) is 1. The number of amides is 1. The maximum absolute atomic E-state index is 11.8. The zero-order valence-electron chi connectivity index (χ0n) is 13.2. The van der Waals surface area contributed by atoms with Gasteiger partial charge in [0.2, 0.25) is 5.91 Å². The van der Waals surface area contributed by atoms with Crippen molar-refractivity contribution in [3.63, 3.8) is 0 Å². The minimum absolute atomic E-state index is 0.178. The lowest BCUT2D eigenvalue weighted by Gasteiger charge is -2.40. The van der Waals surface area contributed by atoms with Crippen molar-refractivity contribution in [3.05, 3.63) is 0 Å². The van der Waals surface area contributed by atoms with Gasteiger partial charge in [0.25, 0.3) is 0 Å². The Bertz CT molecular complexity index is 347. The molecule has 5 nitrogen and oxygen atoms in total. The van der Waals surface area contributed by atoms with Gasteiger partial charge in [-0.3, -0.25) is 9.69 Å². The number of likely N-dealkylation sites (N-methyl/N-ethyl adjacent to an activating group) is 2. The average Bonchev–Trinajstić information content (AvgIpc) is 2.85. The van der Waals surface area contributed by atoms with Crippen molar-refractivity contribution in [2.75, 3.05) is 33.7 Å². The number of hydrogen-bond acceptors (Lipinski definition) is 4. The van der Waals surface area contributed by atoms with Crippen LogP contribution in [0.4, 0.5) is 0 Å². The highest BCUT2D eigenvalue weighted by molar-refractivity contribution is 5.85. The Kier molecular flexibility index (Phi) is 5.04. The lowest BCUT2D eigenvalue weighted by Crippen LogP contribution is -2.55. The molecule has 3 unspecified atom stereocenters. The van der Waals surface area contributed by atoms with Crippen LogP contribution in [0.15, 0.2) is 0 Å². The minimum atomic E-state index is -0.468. The molecule has 116 valence electrons. The van der Waals surface area contributed by atoms with E-state index in [9.17, 15) is 4.79 Å². The largest absolute Gasteiger partial charge is 0.368 e. The lowest BCUT2D eigenvalue weighted by molar-refractivity contribution is -0.124. The van der Waals surface area contributed by atoms with Crippen LogP contribution in [0.5, 0.6) is 0 Å². The summed E-state index contributed by atoms with van der Waals surface area (Å²) >= 11 is 0. The summed E-state index contributed by atoms with van der Waals surface area (Å²) in [5, 5.41) is 3.35. The second-order valence-corrected chi connectivity index (χ2v) is 6.63. The van der Waals surface area contributed by atoms with E-state index in [0.717, 1.165) is 38.9 Å². The van der Waals surface area contributed by atoms with E-state index in [1.165, 1.54) is 12.8 Å². The number of carbonyl (C=O) groups is 1. The molecule has 2 rings (SSSR count). The van der Waals surface area contributed by atoms with Gasteiger partial charge in [-0.2, -0.15) is 0 Å². The highest BCUT2D eigenvalue weighted by Crippen LogP contribution is 2.34. The third-order valence-electron chi connectivity index (χ3n) is 5.15. The molecule has 0 aromatic heterocycles. The van der Waals surface area contributed by atoms with E-state index in [2.05, 4.69) is 29.2 Å². The summed E-state index contributed by atoms with van der Waals surface area (Å²) in [5.41, 5.74) is 5.19. The van der Waals surface area contributed by atoms with Crippen molar-refractivity contribution in [3.8, 4) is 0 Å². The van der Waals surface area contributed by atoms with E-state index < -0.39 is 5.54 Å². The van der Waals surface area contributed by atoms with Crippen molar-refractivity contribution in [1.29, 1.82) is 0 Å². The van der Waals surface area contributed by atoms with Crippen LogP contribution in [-0.4, -0.2) is 67.1 Å². The highest BCUT2D eigenvalue weighted by Gasteiger charge is 2.45. The summed E-state index contributed by atoms with van der Waals surface area (Å²) < 4.78 is 0. The van der Waals surface area contributed by atoms with Gasteiger partial charge < -0.3 is 16.0 Å². The average molecular weight is 282 g/mol. The number of nitrogens with zero attached hydrogens (tertiary/aromatic N) is 2. The summed E-state index contributed by atoms with van der Waals surface area (Å²) in [6.07, 6.45) is 5.37. The Morgan fingerprint density at radius 1 is 1.45 bits per heavy atom. The van der Waals surface area contributed by atoms with E-state index in [1.54, 1.807) is 0 Å². The van der Waals surface area contributed by atoms with Crippen molar-refractivity contribution >= 4 is 5.91 Å². The summed E-state index contributed by atoms with van der Waals surface area (Å²) in [5.74, 6) is -0.178. The molecule has 0 aromatic rings. The van der Waals surface area contributed by atoms with Crippen LogP contribution in [0.25, 0.3) is 0 Å². The van der Waals surface area contributed by atoms with Crippen molar-refractivity contribution in [1.82, 2.24) is 15.1 Å². The number of primary amides is 1. The molecule has 2 fully saturated rings. The van der Waals surface area contributed by atoms with Crippen molar-refractivity contribution in [2.45, 2.75) is 56.7 Å². The Hall–Kier alpha value is -0.650. The number of piperidine rings is 1. The van der Waals surface area contributed by atoms with Crippen LogP contribution in [0.3, 0.4) is 0 Å². The number of nitrogens with two attached hydrogens (primary N) is 1. The molecule has 0 aromatic carbocycles. The number of carbonyl (C=O) groups excluding carboxylic acids is 1. The molecule has 0 radical (unpaired) electrons. The first-order valence-electron chi connectivity index (χ1n) is 7.94. The summed E-state index contributed by atoms with van der Waals surface area (Å²) in [6, 6.07) is 1.15. The van der Waals surface area contributed by atoms with Crippen LogP contribution in [0, 0.1) is 0 Å². The van der Waals surface area contributed by atoms with E-state index in [0.29, 0.717) is 12.1 Å². The van der Waals surface area contributed by atoms with Crippen LogP contribution < -0.4 is 11.1 Å². The Morgan fingerprint density at radius 2 is 2.20 bits per heavy atom. The third kappa shape index (κ3) is 3.15. The van der Waals surface area contributed by atoms with Crippen molar-refractivity contribution in [2.24, 2.45) is 5.73 Å². The Labute approximate surface area is 122 Å². The molecule has 0 bridgehead atoms. The van der Waals surface area contributed by atoms with Crippen LogP contribution in [0.2, 0.25) is 0 Å². The predicted molar refractivity (Wildman–Crippen MR) is 81.5 cm³/mol. The predicted octanol–water partition coefficient (Wildman–Crippen LogP) is 0.399. The molecule has 3 N–H and O–H groups in total. The first-order valence-corrected chi connectivity index (χ1v) is 7.94. The summed E-state index contributed by atoms with van der Waals surface area (Å²) in [4.78, 5) is 16.8. The van der Waals surface area contributed by atoms with E-state index in [-0.39, 0.29) is 5.91 Å². The second kappa shape index (κ2) is 6.41. The molecule has 1 aliphatic heterocycles. The fourth-order valence-corrected chi connectivity index (χ4v) is 3.88. The fourth-order valence-electron chi connectivity index (χ4n) is 3.88. The Morgan fingerprint density at radius 3 is 2.80 bits per heavy atom. The van der Waals surface area contributed by atoms with Gasteiger partial charge in [0, 0.05) is 18.6 Å². The molecule has 1 heterocycles. The number of hydrogen-bond donors (Lipinski definition) is 2. The molecule has 2 aliphatic rings. The molecule has 20 heavy (non-hydrogen) atoms. The normalized spacial score (nSPS) is 35.6. The summed E-state index contributed by atoms with van der Waals surface area (Å²) in [6.45, 7) is 5.13. The maximum atomic E-state index is 11.8. The molecular weight excluding hydrogens is 252 g/mol. The van der Waals surface area contributed by atoms with Crippen LogP contribution in [-0.2, 0) is 4.79 Å². The van der Waals surface area contributed by atoms with Gasteiger partial charge in [0.15, 0.2) is 0 Å². The molecule has 5 heteroatoms. The monoisotopic (exact) mass is 282 g/mol. The third-order valence-corrected chi connectivity index (χ3v) is 5.15. The first-order chi connectivity index (χ1) is 9.48. The molecule has 3 atom stereocenters. The zero-order chi connectivity index (χ0) is 14.8. The minimum Gasteiger partial charge on any atom is -0.368 e. The lowest BCUT2D eigenvalue weighted by atomic mass is 9.95. The fraction of sp³-hybridized carbons (Fsp3) is 0.933. The van der Waals surface area contributed by atoms with E-state index in [1.807, 2.05) is 6.92 Å². The SMILES string of the molecule is CCNC1(C(N)=O)CCC(N2CCCC(N(C)C)C2)C1. The van der Waals surface area contributed by atoms with Gasteiger partial charge in [-0.05, 0) is 59.3 Å². The van der Waals surface area contributed by atoms with E-state index in [4.69, 9.17) is 5.73 Å². The second-order valence-electron chi connectivity index (χ2n) is 6.63. The summed E-state index contributed by atoms with van der Waals surface area (Å²) in [7, 11) is 4.32. The van der Waals surface area contributed by atoms with Gasteiger partial charge in [-0.15, -0.1) is 0 Å². The molecular formula is C15H30N4O. The van der Waals surface area contributed by atoms with Gasteiger partial charge in [0.1, 0.15) is 0 Å². The van der Waals surface area contributed by atoms with E-state index >= 15 is 0 Å². The first kappa shape index (κ1) is 15.7. The molecule has 1 amide bonds. The molecule has 1 aliphatic carbocycles. The smallest absolute Gasteiger partial charge is 0.237 e. The number of rotatable bonds is 5. The van der Waals surface area contributed by atoms with Gasteiger partial charge in [-0.25, -0.2) is 0 Å². The van der Waals surface area contributed by atoms with Crippen LogP contribution in [0.1, 0.15) is 39.0 Å². The molecule has 0 spiro atoms. The van der Waals surface area contributed by atoms with Gasteiger partial charge >= 0.3 is 0 Å². The number of nitrogens with one attached hydrogen (secondary N) is 1. The van der Waals surface area contributed by atoms with Crippen molar-refractivity contribution < 1.29 is 4.79 Å². The van der Waals surface area contributed by atoms with Gasteiger partial charge in [0.05, 0.1) is 5.54 Å². The van der Waals surface area contributed by atoms with Gasteiger partial charge in [-0.1, -0.05) is 6.92 Å². The Balaban J connectivity index is 1.99. The molecule has 1 saturated carbocycles. The topological polar surface area (TPSA) is 61.6 Å². The standard InChI is InChI=1S/C15H30N4O/c1-4-17-15(14(16)20)8-7-12(10-15)19-9-5-6-13(11-19)18(2)3/h12-13,17H,4-11H2,1-3H3,(H2,16,20).